The van der Waals surface area contributed by atoms with Crippen molar-refractivity contribution in [3.8, 4) is 57.8 Å². The summed E-state index contributed by atoms with van der Waals surface area (Å²) in [5, 5.41) is 4.04. The normalized spacial score (nSPS) is 11.3. The molecule has 69 heavy (non-hydrogen) atoms. The van der Waals surface area contributed by atoms with Gasteiger partial charge >= 0.3 is 23.9 Å². The minimum Gasteiger partial charge on any atom is -0.493 e. The highest BCUT2D eigenvalue weighted by atomic mass is 16.5. The molecule has 0 aromatic heterocycles. The van der Waals surface area contributed by atoms with Gasteiger partial charge in [0, 0.05) is 60.9 Å². The fraction of sp³-hybridized carbons (Fsp3) is 0.263. The second-order valence-corrected chi connectivity index (χ2v) is 15.7. The molecule has 0 fully saturated rings. The van der Waals surface area contributed by atoms with Gasteiger partial charge in [-0.1, -0.05) is 54.5 Å². The highest BCUT2D eigenvalue weighted by Gasteiger charge is 2.21. The largest absolute Gasteiger partial charge is 0.493 e. The van der Waals surface area contributed by atoms with Crippen LogP contribution in [-0.4, -0.2) is 76.7 Å². The maximum atomic E-state index is 12.6. The summed E-state index contributed by atoms with van der Waals surface area (Å²) in [6, 6.07) is 33.9. The monoisotopic (exact) mass is 928 g/mol. The molecule has 0 N–H and O–H groups in total. The minimum absolute atomic E-state index is 0.235. The number of fused-ring (bicyclic) bond motifs is 7. The Bertz CT molecular complexity index is 2910. The first-order valence-corrected chi connectivity index (χ1v) is 22.9. The van der Waals surface area contributed by atoms with Crippen molar-refractivity contribution in [3.05, 3.63) is 144 Å². The standard InChI is InChI=1S/C57H52O12/c1-3-53(59)67-35-11-34-64-48-24-18-44(19-25-48)57(61)69-31-9-5-7-13-42-15-27-50-46(39-42)21-29-52-55(50)54-49-26-14-41(38-45(49)20-28-51(54)65-36-37-66-52)12-6-4-8-30-68-56(60)43-16-22-47(23-17-43)63-33-10-32-62-40(2)58/h3,14-29,38-39H,1,4-5,8-11,30-37H2,2H3. The number of benzene rings is 6. The van der Waals surface area contributed by atoms with E-state index in [9.17, 15) is 19.2 Å². The average Bonchev–Trinajstić information content (AvgIpc) is 3.36. The number of hydrogen-bond acceptors (Lipinski definition) is 12. The fourth-order valence-corrected chi connectivity index (χ4v) is 7.30. The van der Waals surface area contributed by atoms with E-state index < -0.39 is 17.9 Å². The van der Waals surface area contributed by atoms with Gasteiger partial charge in [-0.15, -0.1) is 0 Å². The van der Waals surface area contributed by atoms with Crippen LogP contribution in [0, 0.1) is 23.7 Å². The number of rotatable bonds is 19. The Balaban J connectivity index is 0.911. The van der Waals surface area contributed by atoms with Crippen LogP contribution in [0.3, 0.4) is 0 Å². The third kappa shape index (κ3) is 14.1. The number of esters is 4. The lowest BCUT2D eigenvalue weighted by molar-refractivity contribution is -0.141. The first-order chi connectivity index (χ1) is 33.7. The summed E-state index contributed by atoms with van der Waals surface area (Å²) in [4.78, 5) is 47.2. The maximum Gasteiger partial charge on any atom is 0.338 e. The molecule has 0 aliphatic carbocycles. The van der Waals surface area contributed by atoms with Gasteiger partial charge < -0.3 is 37.9 Å². The fourth-order valence-electron chi connectivity index (χ4n) is 7.30. The molecule has 6 aromatic carbocycles. The maximum absolute atomic E-state index is 12.6. The van der Waals surface area contributed by atoms with Crippen LogP contribution in [-0.2, 0) is 28.5 Å². The van der Waals surface area contributed by atoms with Crippen molar-refractivity contribution in [1.29, 1.82) is 0 Å². The third-order valence-corrected chi connectivity index (χ3v) is 10.6. The topological polar surface area (TPSA) is 142 Å². The third-order valence-electron chi connectivity index (χ3n) is 10.6. The first kappa shape index (κ1) is 48.7. The van der Waals surface area contributed by atoms with Crippen molar-refractivity contribution in [2.75, 3.05) is 52.9 Å². The second kappa shape index (κ2) is 25.1. The Morgan fingerprint density at radius 3 is 1.43 bits per heavy atom. The molecule has 6 aromatic rings. The molecule has 0 spiro atoms. The summed E-state index contributed by atoms with van der Waals surface area (Å²) in [6.07, 6.45) is 4.49. The molecule has 1 heterocycles. The Morgan fingerprint density at radius 2 is 0.986 bits per heavy atom. The Morgan fingerprint density at radius 1 is 0.536 bits per heavy atom. The van der Waals surface area contributed by atoms with Gasteiger partial charge in [-0.05, 0) is 119 Å². The molecule has 0 amide bonds. The van der Waals surface area contributed by atoms with Gasteiger partial charge in [-0.2, -0.15) is 0 Å². The van der Waals surface area contributed by atoms with E-state index in [1.54, 1.807) is 48.5 Å². The van der Waals surface area contributed by atoms with Crippen molar-refractivity contribution in [3.63, 3.8) is 0 Å². The average molecular weight is 929 g/mol. The van der Waals surface area contributed by atoms with E-state index in [0.717, 1.165) is 61.4 Å². The van der Waals surface area contributed by atoms with Crippen LogP contribution in [0.1, 0.15) is 77.3 Å². The predicted octanol–water partition coefficient (Wildman–Crippen LogP) is 10.2. The molecule has 352 valence electrons. The lowest BCUT2D eigenvalue weighted by atomic mass is 9.91. The zero-order valence-corrected chi connectivity index (χ0v) is 38.5. The molecule has 0 radical (unpaired) electrons. The number of unbranched alkanes of at least 4 members (excludes halogenated alkanes) is 2. The van der Waals surface area contributed by atoms with Crippen LogP contribution in [0.15, 0.2) is 122 Å². The smallest absolute Gasteiger partial charge is 0.338 e. The molecule has 0 atom stereocenters. The Labute approximate surface area is 401 Å². The van der Waals surface area contributed by atoms with E-state index in [0.29, 0.717) is 94.2 Å². The van der Waals surface area contributed by atoms with Crippen molar-refractivity contribution in [1.82, 2.24) is 0 Å². The van der Waals surface area contributed by atoms with Gasteiger partial charge in [-0.3, -0.25) is 4.79 Å². The van der Waals surface area contributed by atoms with Crippen molar-refractivity contribution in [2.45, 2.75) is 45.4 Å². The molecule has 7 rings (SSSR count). The van der Waals surface area contributed by atoms with Crippen LogP contribution in [0.4, 0.5) is 0 Å². The molecule has 0 bridgehead atoms. The summed E-state index contributed by atoms with van der Waals surface area (Å²) in [5.74, 6) is 14.1. The van der Waals surface area contributed by atoms with E-state index >= 15 is 0 Å². The van der Waals surface area contributed by atoms with E-state index in [2.05, 4.69) is 66.7 Å². The quantitative estimate of drug-likeness (QED) is 0.0251. The summed E-state index contributed by atoms with van der Waals surface area (Å²) >= 11 is 0. The summed E-state index contributed by atoms with van der Waals surface area (Å²) in [6.45, 7) is 7.31. The van der Waals surface area contributed by atoms with Crippen LogP contribution in [0.25, 0.3) is 32.7 Å². The SMILES string of the molecule is C=CC(=O)OCCCOc1ccc(C(=O)OCCCC#Cc2ccc3c4c(ccc3c2)OCCOc2ccc3cc(C#CCCCOC(=O)c5ccc(OCCCOC(C)=O)cc5)ccc3c2-4)cc1. The molecule has 0 saturated carbocycles. The van der Waals surface area contributed by atoms with Crippen LogP contribution < -0.4 is 18.9 Å². The summed E-state index contributed by atoms with van der Waals surface area (Å²) in [5.41, 5.74) is 4.49. The lowest BCUT2D eigenvalue weighted by Gasteiger charge is -2.22. The zero-order valence-electron chi connectivity index (χ0n) is 38.5. The van der Waals surface area contributed by atoms with Gasteiger partial charge in [0.25, 0.3) is 0 Å². The van der Waals surface area contributed by atoms with Gasteiger partial charge in [0.2, 0.25) is 0 Å². The highest BCUT2D eigenvalue weighted by Crippen LogP contribution is 2.46. The van der Waals surface area contributed by atoms with Gasteiger partial charge in [0.05, 0.1) is 50.8 Å². The highest BCUT2D eigenvalue weighted by molar-refractivity contribution is 6.10. The molecule has 0 unspecified atom stereocenters. The molecular formula is C57H52O12. The lowest BCUT2D eigenvalue weighted by Crippen LogP contribution is -2.12. The van der Waals surface area contributed by atoms with Crippen LogP contribution in [0.2, 0.25) is 0 Å². The molecule has 1 aliphatic heterocycles. The number of carbonyl (C=O) groups is 4. The summed E-state index contributed by atoms with van der Waals surface area (Å²) in [7, 11) is 0. The van der Waals surface area contributed by atoms with Crippen LogP contribution >= 0.6 is 0 Å². The molecule has 12 heteroatoms. The van der Waals surface area contributed by atoms with E-state index in [1.807, 2.05) is 24.3 Å². The van der Waals surface area contributed by atoms with Crippen molar-refractivity contribution < 1.29 is 57.1 Å². The van der Waals surface area contributed by atoms with E-state index in [-0.39, 0.29) is 25.8 Å². The van der Waals surface area contributed by atoms with Crippen molar-refractivity contribution in [2.24, 2.45) is 0 Å². The van der Waals surface area contributed by atoms with E-state index in [1.165, 1.54) is 6.92 Å². The van der Waals surface area contributed by atoms with Crippen LogP contribution in [0.5, 0.6) is 23.0 Å². The molecular weight excluding hydrogens is 877 g/mol. The van der Waals surface area contributed by atoms with Gasteiger partial charge in [0.1, 0.15) is 36.2 Å². The predicted molar refractivity (Wildman–Crippen MR) is 262 cm³/mol. The first-order valence-electron chi connectivity index (χ1n) is 22.9. The number of ether oxygens (including phenoxy) is 8. The Kier molecular flexibility index (Phi) is 17.7. The zero-order chi connectivity index (χ0) is 48.2. The van der Waals surface area contributed by atoms with Crippen molar-refractivity contribution >= 4 is 45.4 Å². The molecule has 12 nitrogen and oxygen atoms in total. The molecule has 1 aliphatic rings. The number of carbonyl (C=O) groups excluding carboxylic acids is 4. The van der Waals surface area contributed by atoms with E-state index in [4.69, 9.17) is 37.9 Å². The van der Waals surface area contributed by atoms with Gasteiger partial charge in [-0.25, -0.2) is 14.4 Å². The van der Waals surface area contributed by atoms with Gasteiger partial charge in [0.15, 0.2) is 0 Å². The summed E-state index contributed by atoms with van der Waals surface area (Å²) < 4.78 is 44.5. The molecule has 0 saturated heterocycles. The Hall–Kier alpha value is -8.22. The number of hydrogen-bond donors (Lipinski definition) is 0. The second-order valence-electron chi connectivity index (χ2n) is 15.7. The minimum atomic E-state index is -0.469.